The van der Waals surface area contributed by atoms with Gasteiger partial charge in [0.15, 0.2) is 29.5 Å². The minimum atomic E-state index is -6.08. The zero-order valence-electron chi connectivity index (χ0n) is 48.0. The Labute approximate surface area is 503 Å². The molecule has 0 aromatic carbocycles. The highest BCUT2D eigenvalue weighted by Crippen LogP contribution is 2.68. The Balaban J connectivity index is 0.685. The Morgan fingerprint density at radius 2 is 1.48 bits per heavy atom. The van der Waals surface area contributed by atoms with Gasteiger partial charge in [0.05, 0.1) is 78.3 Å². The first-order valence-electron chi connectivity index (χ1n) is 27.8. The number of rotatable bonds is 33. The van der Waals surface area contributed by atoms with E-state index in [0.717, 1.165) is 25.0 Å². The van der Waals surface area contributed by atoms with Crippen molar-refractivity contribution in [3.8, 4) is 0 Å². The number of carbonyl (C=O) groups excluding carboxylic acids is 3. The molecule has 88 heavy (non-hydrogen) atoms. The molecule has 5 fully saturated rings. The number of H-pyrrole nitrogens is 2. The number of nitrogens with one attached hydrogen (secondary N) is 6. The van der Waals surface area contributed by atoms with Gasteiger partial charge in [-0.15, -0.1) is 0 Å². The number of phosphoric ester groups is 2. The first-order valence-corrected chi connectivity index (χ1v) is 33.3. The van der Waals surface area contributed by atoms with Crippen LogP contribution < -0.4 is 47.6 Å². The van der Waals surface area contributed by atoms with Gasteiger partial charge in [-0.1, -0.05) is 11.4 Å². The summed E-state index contributed by atoms with van der Waals surface area (Å²) in [5, 5.41) is 33.6. The molecule has 4 aromatic rings. The second-order valence-electron chi connectivity index (χ2n) is 21.3. The maximum atomic E-state index is 13.2. The van der Waals surface area contributed by atoms with Gasteiger partial charge in [0.2, 0.25) is 29.5 Å². The summed E-state index contributed by atoms with van der Waals surface area (Å²) in [5.74, 6) is -1.23. The number of anilines is 2. The van der Waals surface area contributed by atoms with Crippen molar-refractivity contribution < 1.29 is 108 Å². The molecule has 5 aliphatic heterocycles. The van der Waals surface area contributed by atoms with Crippen LogP contribution in [0, 0.1) is 0 Å². The first kappa shape index (κ1) is 67.3. The van der Waals surface area contributed by atoms with Crippen LogP contribution in [0.25, 0.3) is 22.3 Å². The third-order valence-electron chi connectivity index (χ3n) is 14.6. The number of aliphatic hydroxyl groups is 2. The molecule has 4 amide bonds. The van der Waals surface area contributed by atoms with Crippen LogP contribution in [0.15, 0.2) is 22.2 Å². The molecule has 42 heteroatoms. The van der Waals surface area contributed by atoms with E-state index in [1.165, 1.54) is 45.2 Å². The number of nitrogen functional groups attached to an aromatic ring is 1. The Kier molecular flexibility index (Phi) is 21.9. The quantitative estimate of drug-likeness (QED) is 0.0102. The summed E-state index contributed by atoms with van der Waals surface area (Å²) in [6, 6.07) is 0.226. The van der Waals surface area contributed by atoms with Crippen molar-refractivity contribution in [3.05, 3.63) is 33.4 Å². The Hall–Kier alpha value is -5.09. The van der Waals surface area contributed by atoms with Crippen LogP contribution in [-0.2, 0) is 81.2 Å². The number of aromatic amines is 2. The number of amides is 4. The smallest absolute Gasteiger partial charge is 0.387 e. The molecular weight excluding hydrogens is 1260 g/mol. The van der Waals surface area contributed by atoms with Gasteiger partial charge in [-0.25, -0.2) is 28.0 Å². The normalized spacial score (nSPS) is 28.7. The zero-order chi connectivity index (χ0) is 63.3. The van der Waals surface area contributed by atoms with Crippen LogP contribution in [-0.4, -0.2) is 222 Å². The van der Waals surface area contributed by atoms with Gasteiger partial charge in [0.25, 0.3) is 17.1 Å². The summed E-state index contributed by atoms with van der Waals surface area (Å²) < 4.78 is 102. The molecule has 0 saturated carbocycles. The predicted molar refractivity (Wildman–Crippen MR) is 302 cm³/mol. The van der Waals surface area contributed by atoms with Crippen molar-refractivity contribution in [3.63, 3.8) is 0 Å². The van der Waals surface area contributed by atoms with E-state index in [2.05, 4.69) is 54.8 Å². The van der Waals surface area contributed by atoms with Crippen molar-refractivity contribution in [1.29, 1.82) is 0 Å². The largest absolute Gasteiger partial charge is 0.490 e. The lowest BCUT2D eigenvalue weighted by atomic mass is 10.0. The van der Waals surface area contributed by atoms with Crippen LogP contribution in [0.5, 0.6) is 0 Å². The molecule has 5 aliphatic rings. The van der Waals surface area contributed by atoms with Crippen molar-refractivity contribution in [2.45, 2.75) is 118 Å². The lowest BCUT2D eigenvalue weighted by molar-refractivity contribution is -0.745. The molecule has 38 nitrogen and oxygen atoms in total. The highest BCUT2D eigenvalue weighted by molar-refractivity contribution is 8.00. The first-order chi connectivity index (χ1) is 41.7. The zero-order valence-corrected chi connectivity index (χ0v) is 51.5. The molecule has 4 aromatic heterocycles. The number of nitrogens with two attached hydrogens (primary N) is 1. The van der Waals surface area contributed by atoms with Crippen molar-refractivity contribution >= 4 is 87.3 Å². The number of aliphatic hydroxyl groups excluding tert-OH is 2. The Morgan fingerprint density at radius 1 is 0.841 bits per heavy atom. The Bertz CT molecular complexity index is 3420. The number of hydrogen-bond acceptors (Lipinski definition) is 27. The fraction of sp³-hybridized carbons (Fsp3) is 0.717. The molecule has 9 heterocycles. The van der Waals surface area contributed by atoms with Gasteiger partial charge in [-0.2, -0.15) is 25.4 Å². The van der Waals surface area contributed by atoms with Crippen LogP contribution in [0.2, 0.25) is 0 Å². The van der Waals surface area contributed by atoms with Gasteiger partial charge in [0, 0.05) is 57.5 Å². The number of ether oxygens (including phenoxy) is 7. The summed E-state index contributed by atoms with van der Waals surface area (Å²) in [6.45, 7) is 1.56. The highest BCUT2D eigenvalue weighted by Gasteiger charge is 2.58. The summed E-state index contributed by atoms with van der Waals surface area (Å²) in [7, 11) is -12.9. The topological polar surface area (TPSA) is 501 Å². The number of aryl methyl sites for hydroxylation is 1. The maximum Gasteiger partial charge on any atom is 0.490 e. The molecule has 3 unspecified atom stereocenters. The number of unbranched alkanes of at least 4 members (excludes halogenated alkanes) is 1. The maximum absolute atomic E-state index is 13.2. The lowest BCUT2D eigenvalue weighted by Crippen LogP contribution is -2.46. The van der Waals surface area contributed by atoms with Crippen LogP contribution in [0.4, 0.5) is 16.7 Å². The standard InChI is InChI=1S/C46H71N14O24P3S/c1-46(10-9-29(62)49-12-14-75-16-18-76-17-15-74-13-11-48-28(61)8-6-5-7-27-30-24(21-88-27)51-45(67)52-30)81-35-26(80-42(36(35)82-46)59-22-50-31-37(59)53-43(47)55-39(31)65)20-78-86(70,71)84-87(72,73)83-85(68,69)77-19-25-33(63)34(64)41(79-25)60-23-58(4)32-38(60)54-44(57(2)3)56-40(32)66/h22-27,30,33-36,41-42,63-64H,5-21H2,1-4H3,(H10-,47,48,49,51,52,53,54,55,56,61,62,65,66,67,68,69,70,71,72,73)/p+1/t24-,25+,26+,27-,30-,33+,34+,35+,36+,41+,42+,46-/m0/s1. The lowest BCUT2D eigenvalue weighted by Gasteiger charge is -2.28. The van der Waals surface area contributed by atoms with Gasteiger partial charge < -0.3 is 90.0 Å². The predicted octanol–water partition coefficient (Wildman–Crippen LogP) is -2.50. The van der Waals surface area contributed by atoms with E-state index < -0.39 is 109 Å². The monoisotopic (exact) mass is 1330 g/mol. The third-order valence-corrected chi connectivity index (χ3v) is 20.3. The minimum absolute atomic E-state index is 0.0249. The molecule has 0 spiro atoms. The van der Waals surface area contributed by atoms with Crippen LogP contribution >= 0.6 is 35.2 Å². The molecule has 13 N–H and O–H groups in total. The number of nitrogens with zero attached hydrogens (tertiary/aromatic N) is 7. The fourth-order valence-corrected chi connectivity index (χ4v) is 15.5. The molecule has 490 valence electrons. The average molecular weight is 1330 g/mol. The van der Waals surface area contributed by atoms with E-state index in [-0.39, 0.29) is 97.5 Å². The number of aromatic nitrogens is 8. The van der Waals surface area contributed by atoms with E-state index in [1.807, 2.05) is 11.8 Å². The molecular formula is C46H72N14O24P3S+. The molecule has 0 radical (unpaired) electrons. The third kappa shape index (κ3) is 16.7. The van der Waals surface area contributed by atoms with E-state index in [4.69, 9.17) is 47.9 Å². The van der Waals surface area contributed by atoms with E-state index in [9.17, 15) is 62.6 Å². The van der Waals surface area contributed by atoms with Gasteiger partial charge in [-0.3, -0.25) is 47.3 Å². The van der Waals surface area contributed by atoms with Gasteiger partial charge in [-0.05, 0) is 19.8 Å². The fourth-order valence-electron chi connectivity index (χ4n) is 10.4. The van der Waals surface area contributed by atoms with Crippen molar-refractivity contribution in [2.24, 2.45) is 7.05 Å². The number of carbonyl (C=O) groups is 3. The highest BCUT2D eigenvalue weighted by atomic mass is 32.2. The summed E-state index contributed by atoms with van der Waals surface area (Å²) >= 11 is 1.85. The van der Waals surface area contributed by atoms with Gasteiger partial charge in [0.1, 0.15) is 36.6 Å². The number of phosphoric acid groups is 3. The molecule has 0 aliphatic carbocycles. The average Bonchev–Trinajstić information content (AvgIpc) is 1.67. The molecule has 0 bridgehead atoms. The van der Waals surface area contributed by atoms with Crippen LogP contribution in [0.3, 0.4) is 0 Å². The van der Waals surface area contributed by atoms with Crippen molar-refractivity contribution in [2.75, 3.05) is 96.4 Å². The Morgan fingerprint density at radius 3 is 2.15 bits per heavy atom. The molecule has 5 saturated heterocycles. The van der Waals surface area contributed by atoms with Gasteiger partial charge >= 0.3 is 35.1 Å². The summed E-state index contributed by atoms with van der Waals surface area (Å²) in [5.41, 5.74) is 4.45. The SMILES string of the molecule is CN(C)c1nc2c(c(=O)[nH]1)n(C)c[n+]2[C@@H]1O[C@H](COP(=O)(O)OP(=O)(O)OP(=O)(O)OC[C@H]2O[C@@H](n3cnc4c(=O)[nH]c(N)nc43)[C@@H]3O[C@@](C)(CCC(=O)NCCOCCOCCOCCNC(=O)CCCC[C@@H]4SC[C@@H]5NC(=O)N[C@@H]54)O[C@@H]32)[C@@H](O)[C@H]1O. The number of hydrogen-bond donors (Lipinski definition) is 12. The van der Waals surface area contributed by atoms with Crippen LogP contribution in [0.1, 0.15) is 57.9 Å². The summed E-state index contributed by atoms with van der Waals surface area (Å²) in [6.07, 6.45) is -6.30. The molecule has 9 rings (SSSR count). The number of imidazole rings is 2. The summed E-state index contributed by atoms with van der Waals surface area (Å²) in [4.78, 5) is 113. The number of fused-ring (bicyclic) bond motifs is 4. The minimum Gasteiger partial charge on any atom is -0.387 e. The second kappa shape index (κ2) is 28.6. The van der Waals surface area contributed by atoms with Crippen molar-refractivity contribution in [1.82, 2.24) is 55.3 Å². The van der Waals surface area contributed by atoms with E-state index in [1.54, 1.807) is 14.1 Å². The molecule has 15 atom stereocenters. The number of urea groups is 1. The van der Waals surface area contributed by atoms with E-state index in [0.29, 0.717) is 38.0 Å². The van der Waals surface area contributed by atoms with E-state index >= 15 is 0 Å². The number of thioether (sulfide) groups is 1. The second-order valence-corrected chi connectivity index (χ2v) is 27.2.